The Morgan fingerprint density at radius 2 is 1.87 bits per heavy atom. The van der Waals surface area contributed by atoms with E-state index in [1.165, 1.54) is 11.0 Å². The molecular formula is C21H18N6O4. The number of para-hydroxylation sites is 1. The number of carbonyl (C=O) groups is 2. The lowest BCUT2D eigenvalue weighted by Gasteiger charge is -2.26. The maximum atomic E-state index is 13.1. The summed E-state index contributed by atoms with van der Waals surface area (Å²) in [6, 6.07) is 14.1. The smallest absolute Gasteiger partial charge is 0.291 e. The van der Waals surface area contributed by atoms with Crippen molar-refractivity contribution in [3.63, 3.8) is 0 Å². The largest absolute Gasteiger partial charge is 0.449 e. The topological polar surface area (TPSA) is 115 Å². The minimum absolute atomic E-state index is 0.105. The van der Waals surface area contributed by atoms with Crippen LogP contribution < -0.4 is 5.32 Å². The Kier molecular flexibility index (Phi) is 4.89. The van der Waals surface area contributed by atoms with Crippen LogP contribution in [0.25, 0.3) is 16.7 Å². The molecule has 1 aliphatic heterocycles. The average Bonchev–Trinajstić information content (AvgIpc) is 3.48. The second kappa shape index (κ2) is 8.00. The number of amides is 2. The Labute approximate surface area is 176 Å². The first-order valence-corrected chi connectivity index (χ1v) is 9.74. The molecule has 0 aliphatic carbocycles. The molecule has 1 fully saturated rings. The van der Waals surface area contributed by atoms with Crippen LogP contribution in [-0.2, 0) is 4.74 Å². The van der Waals surface area contributed by atoms with Crippen molar-refractivity contribution in [1.29, 1.82) is 0 Å². The number of carbonyl (C=O) groups excluding carboxylic acids is 2. The third-order valence-electron chi connectivity index (χ3n) is 5.05. The van der Waals surface area contributed by atoms with E-state index in [0.29, 0.717) is 54.2 Å². The van der Waals surface area contributed by atoms with Crippen LogP contribution in [0.1, 0.15) is 20.9 Å². The van der Waals surface area contributed by atoms with Gasteiger partial charge in [0.1, 0.15) is 17.6 Å². The van der Waals surface area contributed by atoms with Gasteiger partial charge in [-0.3, -0.25) is 9.59 Å². The van der Waals surface area contributed by atoms with E-state index in [1.807, 2.05) is 18.2 Å². The summed E-state index contributed by atoms with van der Waals surface area (Å²) in [6.07, 6.45) is 1.44. The molecule has 1 aliphatic rings. The van der Waals surface area contributed by atoms with Crippen molar-refractivity contribution in [2.24, 2.45) is 0 Å². The zero-order valence-corrected chi connectivity index (χ0v) is 16.4. The fourth-order valence-electron chi connectivity index (χ4n) is 3.49. The highest BCUT2D eigenvalue weighted by atomic mass is 16.5. The average molecular weight is 418 g/mol. The van der Waals surface area contributed by atoms with Crippen LogP contribution in [0.3, 0.4) is 0 Å². The molecule has 0 atom stereocenters. The van der Waals surface area contributed by atoms with Gasteiger partial charge < -0.3 is 19.4 Å². The molecule has 10 nitrogen and oxygen atoms in total. The third kappa shape index (κ3) is 3.64. The number of hydrogen-bond acceptors (Lipinski definition) is 7. The van der Waals surface area contributed by atoms with Crippen LogP contribution in [-0.4, -0.2) is 63.2 Å². The van der Waals surface area contributed by atoms with E-state index in [0.717, 1.165) is 0 Å². The molecule has 5 rings (SSSR count). The third-order valence-corrected chi connectivity index (χ3v) is 5.05. The second-order valence-corrected chi connectivity index (χ2v) is 6.97. The zero-order chi connectivity index (χ0) is 21.2. The molecule has 1 N–H and O–H groups in total. The van der Waals surface area contributed by atoms with Crippen LogP contribution in [0.2, 0.25) is 0 Å². The molecule has 2 aromatic heterocycles. The zero-order valence-electron chi connectivity index (χ0n) is 16.4. The Balaban J connectivity index is 1.49. The minimum Gasteiger partial charge on any atom is -0.449 e. The van der Waals surface area contributed by atoms with Crippen LogP contribution in [0.15, 0.2) is 59.3 Å². The summed E-state index contributed by atoms with van der Waals surface area (Å²) in [6.45, 7) is 1.88. The Bertz CT molecular complexity index is 1240. The number of aromatic nitrogens is 4. The number of nitrogens with one attached hydrogen (secondary N) is 1. The number of anilines is 1. The summed E-state index contributed by atoms with van der Waals surface area (Å²) in [5.41, 5.74) is 1.91. The van der Waals surface area contributed by atoms with E-state index in [-0.39, 0.29) is 17.6 Å². The lowest BCUT2D eigenvalue weighted by Crippen LogP contribution is -2.40. The van der Waals surface area contributed by atoms with Gasteiger partial charge in [-0.1, -0.05) is 18.2 Å². The first kappa shape index (κ1) is 18.9. The quantitative estimate of drug-likeness (QED) is 0.540. The van der Waals surface area contributed by atoms with Gasteiger partial charge in [0.25, 0.3) is 11.8 Å². The number of hydrogen-bond donors (Lipinski definition) is 1. The summed E-state index contributed by atoms with van der Waals surface area (Å²) in [4.78, 5) is 27.8. The van der Waals surface area contributed by atoms with Crippen LogP contribution in [0.4, 0.5) is 5.69 Å². The molecule has 2 aromatic carbocycles. The fraction of sp³-hybridized carbons (Fsp3) is 0.190. The predicted molar refractivity (Wildman–Crippen MR) is 110 cm³/mol. The van der Waals surface area contributed by atoms with E-state index in [1.54, 1.807) is 35.2 Å². The number of nitrogens with zero attached hydrogens (tertiary/aromatic N) is 5. The summed E-state index contributed by atoms with van der Waals surface area (Å²) >= 11 is 0. The van der Waals surface area contributed by atoms with Crippen LogP contribution in [0, 0.1) is 0 Å². The first-order valence-electron chi connectivity index (χ1n) is 9.74. The Morgan fingerprint density at radius 3 is 2.68 bits per heavy atom. The standard InChI is InChI=1S/C21H18N6O4/c28-20(14-4-3-5-15(12-14)27-13-22-24-25-27)23-18-16-6-1-2-7-17(16)31-19(18)21(29)26-8-10-30-11-9-26/h1-7,12-13H,8-11H2,(H,23,28). The van der Waals surface area contributed by atoms with E-state index in [9.17, 15) is 9.59 Å². The number of morpholine rings is 1. The molecule has 3 heterocycles. The number of tetrazole rings is 1. The maximum absolute atomic E-state index is 13.1. The molecule has 31 heavy (non-hydrogen) atoms. The molecule has 0 radical (unpaired) electrons. The molecule has 1 saturated heterocycles. The first-order chi connectivity index (χ1) is 15.2. The Hall–Kier alpha value is -4.05. The molecule has 10 heteroatoms. The van der Waals surface area contributed by atoms with Crippen LogP contribution >= 0.6 is 0 Å². The van der Waals surface area contributed by atoms with Crippen molar-refractivity contribution in [1.82, 2.24) is 25.1 Å². The number of ether oxygens (including phenoxy) is 1. The van der Waals surface area contributed by atoms with Gasteiger partial charge in [0.2, 0.25) is 5.76 Å². The van der Waals surface area contributed by atoms with Gasteiger partial charge in [-0.2, -0.15) is 0 Å². The van der Waals surface area contributed by atoms with Crippen molar-refractivity contribution in [3.8, 4) is 5.69 Å². The van der Waals surface area contributed by atoms with Gasteiger partial charge in [-0.05, 0) is 40.8 Å². The van der Waals surface area contributed by atoms with Crippen molar-refractivity contribution < 1.29 is 18.7 Å². The van der Waals surface area contributed by atoms with Crippen molar-refractivity contribution in [3.05, 3.63) is 66.2 Å². The Morgan fingerprint density at radius 1 is 1.03 bits per heavy atom. The molecule has 0 bridgehead atoms. The number of furan rings is 1. The molecule has 4 aromatic rings. The fourth-order valence-corrected chi connectivity index (χ4v) is 3.49. The molecule has 2 amide bonds. The highest BCUT2D eigenvalue weighted by molar-refractivity contribution is 6.14. The SMILES string of the molecule is O=C(Nc1c(C(=O)N2CCOCC2)oc2ccccc12)c1cccc(-n2cnnn2)c1. The minimum atomic E-state index is -0.377. The van der Waals surface area contributed by atoms with E-state index in [2.05, 4.69) is 20.8 Å². The molecule has 0 saturated carbocycles. The lowest BCUT2D eigenvalue weighted by atomic mass is 10.1. The molecule has 0 spiro atoms. The van der Waals surface area contributed by atoms with E-state index >= 15 is 0 Å². The second-order valence-electron chi connectivity index (χ2n) is 6.97. The summed E-state index contributed by atoms with van der Waals surface area (Å²) in [5, 5.41) is 14.6. The van der Waals surface area contributed by atoms with Crippen molar-refractivity contribution in [2.75, 3.05) is 31.6 Å². The van der Waals surface area contributed by atoms with Crippen molar-refractivity contribution in [2.45, 2.75) is 0 Å². The number of benzene rings is 2. The van der Waals surface area contributed by atoms with Gasteiger partial charge in [-0.15, -0.1) is 5.10 Å². The lowest BCUT2D eigenvalue weighted by molar-refractivity contribution is 0.0285. The highest BCUT2D eigenvalue weighted by Gasteiger charge is 2.27. The van der Waals surface area contributed by atoms with Gasteiger partial charge in [0, 0.05) is 24.0 Å². The van der Waals surface area contributed by atoms with Gasteiger partial charge >= 0.3 is 0 Å². The molecule has 0 unspecified atom stereocenters. The monoisotopic (exact) mass is 418 g/mol. The number of rotatable bonds is 4. The summed E-state index contributed by atoms with van der Waals surface area (Å²) in [5.74, 6) is -0.553. The van der Waals surface area contributed by atoms with Crippen molar-refractivity contribution >= 4 is 28.5 Å². The molecular weight excluding hydrogens is 400 g/mol. The summed E-state index contributed by atoms with van der Waals surface area (Å²) < 4.78 is 12.6. The van der Waals surface area contributed by atoms with Gasteiger partial charge in [-0.25, -0.2) is 4.68 Å². The van der Waals surface area contributed by atoms with Gasteiger partial charge in [0.15, 0.2) is 0 Å². The van der Waals surface area contributed by atoms with E-state index < -0.39 is 0 Å². The van der Waals surface area contributed by atoms with Gasteiger partial charge in [0.05, 0.1) is 18.9 Å². The normalized spacial score (nSPS) is 14.0. The molecule has 156 valence electrons. The van der Waals surface area contributed by atoms with E-state index in [4.69, 9.17) is 9.15 Å². The summed E-state index contributed by atoms with van der Waals surface area (Å²) in [7, 11) is 0. The number of fused-ring (bicyclic) bond motifs is 1. The predicted octanol–water partition coefficient (Wildman–Crippen LogP) is 2.13. The highest BCUT2D eigenvalue weighted by Crippen LogP contribution is 2.32. The van der Waals surface area contributed by atoms with Crippen LogP contribution in [0.5, 0.6) is 0 Å². The maximum Gasteiger partial charge on any atom is 0.291 e.